The van der Waals surface area contributed by atoms with Gasteiger partial charge < -0.3 is 10.4 Å². The summed E-state index contributed by atoms with van der Waals surface area (Å²) in [5.74, 6) is -0.0969. The topological polar surface area (TPSA) is 49.3 Å². The summed E-state index contributed by atoms with van der Waals surface area (Å²) in [6, 6.07) is 0. The Morgan fingerprint density at radius 2 is 2.23 bits per heavy atom. The van der Waals surface area contributed by atoms with Crippen molar-refractivity contribution in [1.29, 1.82) is 0 Å². The summed E-state index contributed by atoms with van der Waals surface area (Å²) < 4.78 is 0. The van der Waals surface area contributed by atoms with Gasteiger partial charge in [0.1, 0.15) is 0 Å². The van der Waals surface area contributed by atoms with Gasteiger partial charge in [-0.25, -0.2) is 0 Å². The van der Waals surface area contributed by atoms with E-state index in [-0.39, 0.29) is 18.1 Å². The summed E-state index contributed by atoms with van der Waals surface area (Å²) in [7, 11) is 0. The van der Waals surface area contributed by atoms with Crippen LogP contribution in [0.5, 0.6) is 0 Å². The Labute approximate surface area is 79.8 Å². The van der Waals surface area contributed by atoms with E-state index in [4.69, 9.17) is 5.11 Å². The van der Waals surface area contributed by atoms with Gasteiger partial charge in [0.05, 0.1) is 0 Å². The molecule has 0 aliphatic carbocycles. The van der Waals surface area contributed by atoms with Gasteiger partial charge in [-0.1, -0.05) is 13.0 Å². The summed E-state index contributed by atoms with van der Waals surface area (Å²) in [5.41, 5.74) is -0.286. The van der Waals surface area contributed by atoms with Crippen molar-refractivity contribution >= 4 is 5.91 Å². The highest BCUT2D eigenvalue weighted by atomic mass is 16.3. The number of hydrogen-bond acceptors (Lipinski definition) is 2. The van der Waals surface area contributed by atoms with Gasteiger partial charge in [0.2, 0.25) is 5.91 Å². The highest BCUT2D eigenvalue weighted by Crippen LogP contribution is 2.13. The van der Waals surface area contributed by atoms with Crippen LogP contribution in [-0.4, -0.2) is 23.2 Å². The van der Waals surface area contributed by atoms with Gasteiger partial charge in [0, 0.05) is 12.1 Å². The summed E-state index contributed by atoms with van der Waals surface area (Å²) in [5, 5.41) is 11.7. The van der Waals surface area contributed by atoms with Crippen molar-refractivity contribution in [3.8, 4) is 0 Å². The Bertz CT molecular complexity index is 189. The molecule has 13 heavy (non-hydrogen) atoms. The predicted molar refractivity (Wildman–Crippen MR) is 53.4 cm³/mol. The number of carbonyl (C=O) groups is 1. The van der Waals surface area contributed by atoms with E-state index in [0.717, 1.165) is 6.42 Å². The summed E-state index contributed by atoms with van der Waals surface area (Å²) in [6.07, 6.45) is 4.60. The first-order valence-corrected chi connectivity index (χ1v) is 4.63. The quantitative estimate of drug-likeness (QED) is 0.633. The van der Waals surface area contributed by atoms with E-state index in [1.165, 1.54) is 6.08 Å². The molecule has 0 fully saturated rings. The van der Waals surface area contributed by atoms with Gasteiger partial charge in [-0.2, -0.15) is 0 Å². The highest BCUT2D eigenvalue weighted by Gasteiger charge is 2.22. The first-order chi connectivity index (χ1) is 6.08. The molecule has 3 heteroatoms. The standard InChI is InChI=1S/C10H19NO2/c1-4-6-9(13)11-10(3,5-2)7-8-12/h4,6,12H,5,7-8H2,1-3H3,(H,11,13)/b6-4+. The first kappa shape index (κ1) is 12.2. The third-order valence-electron chi connectivity index (χ3n) is 2.19. The molecule has 76 valence electrons. The number of aliphatic hydroxyl groups excluding tert-OH is 1. The molecular formula is C10H19NO2. The minimum absolute atomic E-state index is 0.0969. The lowest BCUT2D eigenvalue weighted by Gasteiger charge is -2.28. The van der Waals surface area contributed by atoms with Gasteiger partial charge >= 0.3 is 0 Å². The molecule has 3 nitrogen and oxygen atoms in total. The molecule has 0 heterocycles. The minimum Gasteiger partial charge on any atom is -0.396 e. The second-order valence-electron chi connectivity index (χ2n) is 3.38. The smallest absolute Gasteiger partial charge is 0.244 e. The van der Waals surface area contributed by atoms with Crippen LogP contribution in [0.2, 0.25) is 0 Å². The number of carbonyl (C=O) groups excluding carboxylic acids is 1. The molecule has 0 rings (SSSR count). The monoisotopic (exact) mass is 185 g/mol. The van der Waals surface area contributed by atoms with Crippen molar-refractivity contribution in [2.24, 2.45) is 0 Å². The van der Waals surface area contributed by atoms with E-state index in [9.17, 15) is 4.79 Å². The molecule has 0 saturated heterocycles. The average Bonchev–Trinajstić information content (AvgIpc) is 2.05. The third-order valence-corrected chi connectivity index (χ3v) is 2.19. The molecule has 1 amide bonds. The molecule has 0 saturated carbocycles. The molecule has 0 aromatic rings. The third kappa shape index (κ3) is 4.68. The van der Waals surface area contributed by atoms with E-state index in [1.807, 2.05) is 13.8 Å². The second-order valence-corrected chi connectivity index (χ2v) is 3.38. The normalized spacial score (nSPS) is 15.7. The molecule has 0 radical (unpaired) electrons. The molecule has 0 aliphatic rings. The van der Waals surface area contributed by atoms with Crippen molar-refractivity contribution < 1.29 is 9.90 Å². The van der Waals surface area contributed by atoms with Crippen LogP contribution in [0.4, 0.5) is 0 Å². The maximum Gasteiger partial charge on any atom is 0.244 e. The van der Waals surface area contributed by atoms with E-state index < -0.39 is 0 Å². The molecule has 0 aromatic heterocycles. The highest BCUT2D eigenvalue weighted by molar-refractivity contribution is 5.87. The lowest BCUT2D eigenvalue weighted by atomic mass is 9.95. The van der Waals surface area contributed by atoms with Gasteiger partial charge in [-0.15, -0.1) is 0 Å². The van der Waals surface area contributed by atoms with E-state index in [2.05, 4.69) is 5.32 Å². The molecule has 0 spiro atoms. The van der Waals surface area contributed by atoms with Crippen LogP contribution in [0.3, 0.4) is 0 Å². The number of allylic oxidation sites excluding steroid dienone is 1. The Morgan fingerprint density at radius 3 is 2.62 bits per heavy atom. The van der Waals surface area contributed by atoms with Crippen molar-refractivity contribution in [2.45, 2.75) is 39.2 Å². The number of aliphatic hydroxyl groups is 1. The molecule has 0 bridgehead atoms. The summed E-state index contributed by atoms with van der Waals surface area (Å²) >= 11 is 0. The fourth-order valence-electron chi connectivity index (χ4n) is 1.06. The van der Waals surface area contributed by atoms with E-state index in [0.29, 0.717) is 6.42 Å². The number of nitrogens with one attached hydrogen (secondary N) is 1. The zero-order valence-electron chi connectivity index (χ0n) is 8.63. The van der Waals surface area contributed by atoms with E-state index >= 15 is 0 Å². The zero-order chi connectivity index (χ0) is 10.3. The summed E-state index contributed by atoms with van der Waals surface area (Å²) in [4.78, 5) is 11.2. The van der Waals surface area contributed by atoms with Crippen LogP contribution < -0.4 is 5.32 Å². The lowest BCUT2D eigenvalue weighted by molar-refractivity contribution is -0.118. The lowest BCUT2D eigenvalue weighted by Crippen LogP contribution is -2.45. The Kier molecular flexibility index (Phi) is 5.39. The molecule has 2 N–H and O–H groups in total. The van der Waals surface area contributed by atoms with Crippen LogP contribution in [0.1, 0.15) is 33.6 Å². The average molecular weight is 185 g/mol. The minimum atomic E-state index is -0.286. The van der Waals surface area contributed by atoms with Crippen LogP contribution >= 0.6 is 0 Å². The number of rotatable bonds is 5. The van der Waals surface area contributed by atoms with E-state index in [1.54, 1.807) is 13.0 Å². The molecule has 0 aliphatic heterocycles. The van der Waals surface area contributed by atoms with Crippen molar-refractivity contribution in [2.75, 3.05) is 6.61 Å². The van der Waals surface area contributed by atoms with Crippen molar-refractivity contribution in [3.05, 3.63) is 12.2 Å². The predicted octanol–water partition coefficient (Wildman–Crippen LogP) is 1.23. The maximum absolute atomic E-state index is 11.2. The number of hydrogen-bond donors (Lipinski definition) is 2. The van der Waals surface area contributed by atoms with Gasteiger partial charge in [0.25, 0.3) is 0 Å². The molecule has 1 unspecified atom stereocenters. The molecule has 1 atom stereocenters. The van der Waals surface area contributed by atoms with Crippen LogP contribution in [0.25, 0.3) is 0 Å². The second kappa shape index (κ2) is 5.75. The summed E-state index contributed by atoms with van der Waals surface area (Å²) in [6.45, 7) is 5.82. The van der Waals surface area contributed by atoms with Gasteiger partial charge in [-0.05, 0) is 32.8 Å². The Balaban J connectivity index is 4.17. The molecule has 0 aromatic carbocycles. The van der Waals surface area contributed by atoms with Crippen LogP contribution in [0, 0.1) is 0 Å². The van der Waals surface area contributed by atoms with Crippen LogP contribution in [0.15, 0.2) is 12.2 Å². The Morgan fingerprint density at radius 1 is 1.62 bits per heavy atom. The number of amides is 1. The Hall–Kier alpha value is -0.830. The van der Waals surface area contributed by atoms with Crippen LogP contribution in [-0.2, 0) is 4.79 Å². The van der Waals surface area contributed by atoms with Crippen molar-refractivity contribution in [3.63, 3.8) is 0 Å². The first-order valence-electron chi connectivity index (χ1n) is 4.63. The van der Waals surface area contributed by atoms with Crippen molar-refractivity contribution in [1.82, 2.24) is 5.32 Å². The fourth-order valence-corrected chi connectivity index (χ4v) is 1.06. The largest absolute Gasteiger partial charge is 0.396 e. The zero-order valence-corrected chi connectivity index (χ0v) is 8.63. The fraction of sp³-hybridized carbons (Fsp3) is 0.700. The maximum atomic E-state index is 11.2. The molecular weight excluding hydrogens is 166 g/mol. The van der Waals surface area contributed by atoms with Gasteiger partial charge in [-0.3, -0.25) is 4.79 Å². The van der Waals surface area contributed by atoms with Gasteiger partial charge in [0.15, 0.2) is 0 Å². The SMILES string of the molecule is C/C=C/C(=O)NC(C)(CC)CCO.